The third-order valence-electron chi connectivity index (χ3n) is 3.36. The number of halogens is 2. The molecule has 0 radical (unpaired) electrons. The molecule has 0 rings (SSSR count). The standard InChI is InChI=1S/C16H30Br2N2O2/c1-3-9-13(17)15(21)19-11-7-5-6-8-12-20-16(22)14(18)10-4-2/h13-14H,3-12H2,1-2H3,(H,19,21)(H,20,22)/t13-,14+. The van der Waals surface area contributed by atoms with Gasteiger partial charge in [-0.3, -0.25) is 9.59 Å². The van der Waals surface area contributed by atoms with Crippen LogP contribution in [-0.2, 0) is 9.59 Å². The minimum Gasteiger partial charge on any atom is -0.355 e. The normalized spacial score (nSPS) is 13.5. The first-order chi connectivity index (χ1) is 10.5. The topological polar surface area (TPSA) is 58.2 Å². The lowest BCUT2D eigenvalue weighted by Crippen LogP contribution is -2.32. The number of unbranched alkanes of at least 4 members (excludes halogenated alkanes) is 3. The van der Waals surface area contributed by atoms with Crippen LogP contribution < -0.4 is 10.6 Å². The Morgan fingerprint density at radius 3 is 1.45 bits per heavy atom. The first-order valence-corrected chi connectivity index (χ1v) is 10.2. The van der Waals surface area contributed by atoms with Crippen LogP contribution in [0.2, 0.25) is 0 Å². The summed E-state index contributed by atoms with van der Waals surface area (Å²) >= 11 is 6.77. The van der Waals surface area contributed by atoms with E-state index in [1.165, 1.54) is 0 Å². The van der Waals surface area contributed by atoms with Crippen molar-refractivity contribution in [3.05, 3.63) is 0 Å². The van der Waals surface area contributed by atoms with Gasteiger partial charge in [0, 0.05) is 13.1 Å². The lowest BCUT2D eigenvalue weighted by Gasteiger charge is -2.10. The molecule has 22 heavy (non-hydrogen) atoms. The van der Waals surface area contributed by atoms with E-state index in [-0.39, 0.29) is 21.5 Å². The number of carbonyl (C=O) groups excluding carboxylic acids is 2. The molecule has 0 unspecified atom stereocenters. The number of hydrogen-bond donors (Lipinski definition) is 2. The summed E-state index contributed by atoms with van der Waals surface area (Å²) in [4.78, 5) is 23.2. The van der Waals surface area contributed by atoms with E-state index in [1.807, 2.05) is 0 Å². The minimum atomic E-state index is -0.0620. The van der Waals surface area contributed by atoms with E-state index >= 15 is 0 Å². The van der Waals surface area contributed by atoms with Crippen molar-refractivity contribution in [1.82, 2.24) is 10.6 Å². The van der Waals surface area contributed by atoms with Gasteiger partial charge in [0.05, 0.1) is 9.65 Å². The molecule has 0 aliphatic carbocycles. The van der Waals surface area contributed by atoms with Crippen molar-refractivity contribution >= 4 is 43.7 Å². The fraction of sp³-hybridized carbons (Fsp3) is 0.875. The number of nitrogens with one attached hydrogen (secondary N) is 2. The maximum Gasteiger partial charge on any atom is 0.233 e. The molecule has 0 aliphatic rings. The summed E-state index contributed by atoms with van der Waals surface area (Å²) in [6.07, 6.45) is 7.87. The zero-order valence-corrected chi connectivity index (χ0v) is 17.0. The van der Waals surface area contributed by atoms with Gasteiger partial charge in [0.25, 0.3) is 0 Å². The Labute approximate surface area is 151 Å². The Bertz CT molecular complexity index is 285. The molecular formula is C16H30Br2N2O2. The summed E-state index contributed by atoms with van der Waals surface area (Å²) in [6, 6.07) is 0. The van der Waals surface area contributed by atoms with Crippen LogP contribution in [-0.4, -0.2) is 34.6 Å². The SMILES string of the molecule is CCC[C@@H](Br)C(=O)NCCCCCCNC(=O)[C@@H](Br)CCC. The molecule has 0 fully saturated rings. The van der Waals surface area contributed by atoms with Crippen molar-refractivity contribution in [1.29, 1.82) is 0 Å². The Morgan fingerprint density at radius 2 is 1.14 bits per heavy atom. The highest BCUT2D eigenvalue weighted by Crippen LogP contribution is 2.08. The van der Waals surface area contributed by atoms with Crippen molar-refractivity contribution in [2.45, 2.75) is 74.9 Å². The Hall–Kier alpha value is -0.100. The fourth-order valence-electron chi connectivity index (χ4n) is 2.02. The number of alkyl halides is 2. The summed E-state index contributed by atoms with van der Waals surface area (Å²) in [6.45, 7) is 5.61. The molecule has 0 spiro atoms. The number of amides is 2. The van der Waals surface area contributed by atoms with E-state index in [0.29, 0.717) is 0 Å². The van der Waals surface area contributed by atoms with Gasteiger partial charge >= 0.3 is 0 Å². The summed E-state index contributed by atoms with van der Waals surface area (Å²) in [5, 5.41) is 5.89. The predicted molar refractivity (Wildman–Crippen MR) is 99.7 cm³/mol. The van der Waals surface area contributed by atoms with Gasteiger partial charge in [-0.1, -0.05) is 71.4 Å². The van der Waals surface area contributed by atoms with E-state index in [0.717, 1.165) is 64.5 Å². The highest BCUT2D eigenvalue weighted by molar-refractivity contribution is 9.10. The van der Waals surface area contributed by atoms with E-state index in [4.69, 9.17) is 0 Å². The summed E-state index contributed by atoms with van der Waals surface area (Å²) in [5.41, 5.74) is 0. The van der Waals surface area contributed by atoms with Crippen molar-refractivity contribution in [2.24, 2.45) is 0 Å². The Balaban J connectivity index is 3.44. The fourth-order valence-corrected chi connectivity index (χ4v) is 3.26. The monoisotopic (exact) mass is 440 g/mol. The van der Waals surface area contributed by atoms with Gasteiger partial charge in [-0.25, -0.2) is 0 Å². The molecule has 130 valence electrons. The molecular weight excluding hydrogens is 412 g/mol. The van der Waals surface area contributed by atoms with Crippen LogP contribution in [0, 0.1) is 0 Å². The van der Waals surface area contributed by atoms with Gasteiger partial charge in [-0.15, -0.1) is 0 Å². The van der Waals surface area contributed by atoms with Gasteiger partial charge in [-0.2, -0.15) is 0 Å². The number of rotatable bonds is 13. The van der Waals surface area contributed by atoms with E-state index < -0.39 is 0 Å². The number of hydrogen-bond acceptors (Lipinski definition) is 2. The van der Waals surface area contributed by atoms with Crippen molar-refractivity contribution < 1.29 is 9.59 Å². The zero-order valence-electron chi connectivity index (χ0n) is 13.8. The van der Waals surface area contributed by atoms with Crippen LogP contribution in [0.4, 0.5) is 0 Å². The Kier molecular flexibility index (Phi) is 14.4. The van der Waals surface area contributed by atoms with Crippen LogP contribution >= 0.6 is 31.9 Å². The van der Waals surface area contributed by atoms with Gasteiger partial charge < -0.3 is 10.6 Å². The van der Waals surface area contributed by atoms with Gasteiger partial charge in [-0.05, 0) is 25.7 Å². The molecule has 6 heteroatoms. The largest absolute Gasteiger partial charge is 0.355 e. The third-order valence-corrected chi connectivity index (χ3v) is 5.10. The zero-order chi connectivity index (χ0) is 16.8. The molecule has 2 N–H and O–H groups in total. The van der Waals surface area contributed by atoms with Crippen LogP contribution in [0.5, 0.6) is 0 Å². The molecule has 2 amide bonds. The quantitative estimate of drug-likeness (QED) is 0.336. The second-order valence-electron chi connectivity index (χ2n) is 5.51. The number of carbonyl (C=O) groups is 2. The highest BCUT2D eigenvalue weighted by atomic mass is 79.9. The van der Waals surface area contributed by atoms with Crippen LogP contribution in [0.15, 0.2) is 0 Å². The summed E-state index contributed by atoms with van der Waals surface area (Å²) < 4.78 is 0. The van der Waals surface area contributed by atoms with Gasteiger partial charge in [0.15, 0.2) is 0 Å². The molecule has 0 heterocycles. The van der Waals surface area contributed by atoms with Gasteiger partial charge in [0.1, 0.15) is 0 Å². The lowest BCUT2D eigenvalue weighted by molar-refractivity contribution is -0.121. The van der Waals surface area contributed by atoms with Crippen molar-refractivity contribution in [2.75, 3.05) is 13.1 Å². The molecule has 0 bridgehead atoms. The average molecular weight is 442 g/mol. The molecule has 4 nitrogen and oxygen atoms in total. The maximum absolute atomic E-state index is 11.7. The molecule has 0 aliphatic heterocycles. The second kappa shape index (κ2) is 14.5. The van der Waals surface area contributed by atoms with Crippen LogP contribution in [0.25, 0.3) is 0 Å². The summed E-state index contributed by atoms with van der Waals surface area (Å²) in [7, 11) is 0. The smallest absolute Gasteiger partial charge is 0.233 e. The minimum absolute atomic E-state index is 0.0620. The molecule has 0 saturated heterocycles. The first-order valence-electron chi connectivity index (χ1n) is 8.36. The van der Waals surface area contributed by atoms with Crippen LogP contribution in [0.3, 0.4) is 0 Å². The first kappa shape index (κ1) is 21.9. The van der Waals surface area contributed by atoms with Gasteiger partial charge in [0.2, 0.25) is 11.8 Å². The lowest BCUT2D eigenvalue weighted by atomic mass is 10.2. The van der Waals surface area contributed by atoms with E-state index in [2.05, 4.69) is 56.3 Å². The van der Waals surface area contributed by atoms with Crippen molar-refractivity contribution in [3.8, 4) is 0 Å². The summed E-state index contributed by atoms with van der Waals surface area (Å²) in [5.74, 6) is 0.182. The van der Waals surface area contributed by atoms with Crippen molar-refractivity contribution in [3.63, 3.8) is 0 Å². The van der Waals surface area contributed by atoms with Crippen LogP contribution in [0.1, 0.15) is 65.2 Å². The highest BCUT2D eigenvalue weighted by Gasteiger charge is 2.13. The second-order valence-corrected chi connectivity index (χ2v) is 7.72. The predicted octanol–water partition coefficient (Wildman–Crippen LogP) is 3.91. The average Bonchev–Trinajstić information content (AvgIpc) is 2.49. The maximum atomic E-state index is 11.7. The Morgan fingerprint density at radius 1 is 0.773 bits per heavy atom. The molecule has 0 aromatic carbocycles. The molecule has 2 atom stereocenters. The molecule has 0 saturated carbocycles. The van der Waals surface area contributed by atoms with E-state index in [9.17, 15) is 9.59 Å². The third kappa shape index (κ3) is 11.5. The molecule has 0 aromatic heterocycles. The van der Waals surface area contributed by atoms with E-state index in [1.54, 1.807) is 0 Å². The molecule has 0 aromatic rings.